The van der Waals surface area contributed by atoms with E-state index in [1.807, 2.05) is 6.08 Å². The Hall–Kier alpha value is -2.44. The molecule has 0 aromatic carbocycles. The summed E-state index contributed by atoms with van der Waals surface area (Å²) in [6.07, 6.45) is 96.0. The fourth-order valence-corrected chi connectivity index (χ4v) is 11.3. The molecule has 3 N–H and O–H groups in total. The normalized spacial score (nSPS) is 12.9. The number of amides is 1. The van der Waals surface area contributed by atoms with Crippen molar-refractivity contribution in [2.45, 2.75) is 405 Å². The molecule has 0 spiro atoms. The number of aliphatic hydroxyl groups excluding tert-OH is 2. The number of rotatable bonds is 69. The predicted octanol–water partition coefficient (Wildman–Crippen LogP) is 24.2. The van der Waals surface area contributed by atoms with E-state index in [1.165, 1.54) is 308 Å². The van der Waals surface area contributed by atoms with Gasteiger partial charge in [0.2, 0.25) is 5.91 Å². The number of allylic oxidation sites excluding steroid dienone is 9. The fourth-order valence-electron chi connectivity index (χ4n) is 11.3. The lowest BCUT2D eigenvalue weighted by Gasteiger charge is -2.20. The molecule has 6 heteroatoms. The van der Waals surface area contributed by atoms with Crippen molar-refractivity contribution < 1.29 is 24.5 Å². The highest BCUT2D eigenvalue weighted by molar-refractivity contribution is 5.76. The smallest absolute Gasteiger partial charge is 0.305 e. The van der Waals surface area contributed by atoms with Crippen LogP contribution < -0.4 is 5.32 Å². The largest absolute Gasteiger partial charge is 0.466 e. The molecule has 2 atom stereocenters. The van der Waals surface area contributed by atoms with Crippen LogP contribution in [0.3, 0.4) is 0 Å². The van der Waals surface area contributed by atoms with E-state index in [0.717, 1.165) is 57.8 Å². The van der Waals surface area contributed by atoms with Gasteiger partial charge in [0.15, 0.2) is 0 Å². The second-order valence-corrected chi connectivity index (χ2v) is 25.3. The fraction of sp³-hybridized carbons (Fsp3) is 0.844. The van der Waals surface area contributed by atoms with Crippen molar-refractivity contribution in [3.63, 3.8) is 0 Å². The zero-order chi connectivity index (χ0) is 59.9. The average molecular weight is 1160 g/mol. The molecule has 1 amide bonds. The van der Waals surface area contributed by atoms with Gasteiger partial charge in [-0.3, -0.25) is 9.59 Å². The first-order valence-electron chi connectivity index (χ1n) is 37.1. The van der Waals surface area contributed by atoms with Gasteiger partial charge in [-0.1, -0.05) is 344 Å². The lowest BCUT2D eigenvalue weighted by atomic mass is 10.0. The van der Waals surface area contributed by atoms with E-state index in [1.54, 1.807) is 6.08 Å². The molecule has 0 heterocycles. The number of aliphatic hydroxyl groups is 2. The van der Waals surface area contributed by atoms with Gasteiger partial charge in [-0.25, -0.2) is 0 Å². The summed E-state index contributed by atoms with van der Waals surface area (Å²) in [4.78, 5) is 24.6. The van der Waals surface area contributed by atoms with Crippen molar-refractivity contribution in [3.8, 4) is 0 Å². The van der Waals surface area contributed by atoms with E-state index >= 15 is 0 Å². The van der Waals surface area contributed by atoms with Crippen LogP contribution in [0.4, 0.5) is 0 Å². The molecule has 0 bridgehead atoms. The summed E-state index contributed by atoms with van der Waals surface area (Å²) in [6.45, 7) is 4.90. The van der Waals surface area contributed by atoms with Crippen LogP contribution in [0.15, 0.2) is 60.8 Å². The number of hydrogen-bond acceptors (Lipinski definition) is 5. The second-order valence-electron chi connectivity index (χ2n) is 25.3. The van der Waals surface area contributed by atoms with Gasteiger partial charge in [-0.05, 0) is 96.3 Å². The van der Waals surface area contributed by atoms with Crippen LogP contribution in [0.1, 0.15) is 393 Å². The monoisotopic (exact) mass is 1160 g/mol. The zero-order valence-corrected chi connectivity index (χ0v) is 55.7. The maximum absolute atomic E-state index is 12.5. The Labute approximate surface area is 518 Å². The lowest BCUT2D eigenvalue weighted by Crippen LogP contribution is -2.45. The average Bonchev–Trinajstić information content (AvgIpc) is 3.49. The van der Waals surface area contributed by atoms with E-state index < -0.39 is 12.1 Å². The summed E-state index contributed by atoms with van der Waals surface area (Å²) in [7, 11) is 0. The third-order valence-electron chi connectivity index (χ3n) is 17.0. The Kier molecular flexibility index (Phi) is 69.9. The second kappa shape index (κ2) is 72.0. The molecule has 0 saturated carbocycles. The van der Waals surface area contributed by atoms with Crippen LogP contribution >= 0.6 is 0 Å². The molecule has 2 unspecified atom stereocenters. The first kappa shape index (κ1) is 80.6. The highest BCUT2D eigenvalue weighted by Crippen LogP contribution is 2.18. The van der Waals surface area contributed by atoms with Gasteiger partial charge >= 0.3 is 5.97 Å². The molecule has 6 nitrogen and oxygen atoms in total. The molecule has 83 heavy (non-hydrogen) atoms. The molecule has 486 valence electrons. The highest BCUT2D eigenvalue weighted by Gasteiger charge is 2.18. The van der Waals surface area contributed by atoms with Crippen LogP contribution in [0.2, 0.25) is 0 Å². The summed E-state index contributed by atoms with van der Waals surface area (Å²) >= 11 is 0. The molecule has 0 rings (SSSR count). The van der Waals surface area contributed by atoms with Crippen molar-refractivity contribution in [1.82, 2.24) is 5.32 Å². The predicted molar refractivity (Wildman–Crippen MR) is 365 cm³/mol. The Morgan fingerprint density at radius 2 is 0.602 bits per heavy atom. The van der Waals surface area contributed by atoms with Crippen molar-refractivity contribution in [2.75, 3.05) is 13.2 Å². The number of unbranched alkanes of at least 4 members (excludes halogenated alkanes) is 50. The number of nitrogens with one attached hydrogen (secondary N) is 1. The summed E-state index contributed by atoms with van der Waals surface area (Å²) in [6, 6.07) is -0.627. The summed E-state index contributed by atoms with van der Waals surface area (Å²) in [5.41, 5.74) is 0. The van der Waals surface area contributed by atoms with Crippen LogP contribution in [0, 0.1) is 0 Å². The molecule has 0 aromatic rings. The Balaban J connectivity index is 3.40. The molecular weight excluding hydrogens is 1020 g/mol. The van der Waals surface area contributed by atoms with Gasteiger partial charge in [0.05, 0.1) is 25.4 Å². The molecule has 0 aliphatic heterocycles. The van der Waals surface area contributed by atoms with Gasteiger partial charge in [-0.15, -0.1) is 0 Å². The summed E-state index contributed by atoms with van der Waals surface area (Å²) in [5.74, 6) is -0.0580. The molecular formula is C77H143NO5. The molecule has 0 saturated heterocycles. The van der Waals surface area contributed by atoms with Crippen LogP contribution in [-0.2, 0) is 14.3 Å². The van der Waals surface area contributed by atoms with Crippen LogP contribution in [-0.4, -0.2) is 47.4 Å². The van der Waals surface area contributed by atoms with Gasteiger partial charge in [0.1, 0.15) is 0 Å². The van der Waals surface area contributed by atoms with Gasteiger partial charge < -0.3 is 20.3 Å². The van der Waals surface area contributed by atoms with Crippen molar-refractivity contribution in [2.24, 2.45) is 0 Å². The molecule has 0 radical (unpaired) electrons. The van der Waals surface area contributed by atoms with E-state index in [2.05, 4.69) is 67.8 Å². The zero-order valence-electron chi connectivity index (χ0n) is 55.7. The minimum Gasteiger partial charge on any atom is -0.466 e. The van der Waals surface area contributed by atoms with E-state index in [-0.39, 0.29) is 18.5 Å². The Morgan fingerprint density at radius 1 is 0.337 bits per heavy atom. The van der Waals surface area contributed by atoms with E-state index in [9.17, 15) is 19.8 Å². The highest BCUT2D eigenvalue weighted by atomic mass is 16.5. The molecule has 0 fully saturated rings. The molecule has 0 aliphatic rings. The first-order valence-corrected chi connectivity index (χ1v) is 37.1. The van der Waals surface area contributed by atoms with Gasteiger partial charge in [0, 0.05) is 12.8 Å². The third kappa shape index (κ3) is 68.5. The first-order chi connectivity index (χ1) is 41.0. The molecule has 0 aromatic heterocycles. The van der Waals surface area contributed by atoms with Crippen molar-refractivity contribution in [1.29, 1.82) is 0 Å². The maximum Gasteiger partial charge on any atom is 0.305 e. The number of esters is 1. The number of carbonyl (C=O) groups is 2. The molecule has 0 aliphatic carbocycles. The van der Waals surface area contributed by atoms with Gasteiger partial charge in [-0.2, -0.15) is 0 Å². The Morgan fingerprint density at radius 3 is 0.940 bits per heavy atom. The lowest BCUT2D eigenvalue weighted by molar-refractivity contribution is -0.143. The van der Waals surface area contributed by atoms with Crippen LogP contribution in [0.5, 0.6) is 0 Å². The topological polar surface area (TPSA) is 95.9 Å². The number of carbonyl (C=O) groups excluding carboxylic acids is 2. The number of hydrogen-bond donors (Lipinski definition) is 3. The number of ether oxygens (including phenoxy) is 1. The van der Waals surface area contributed by atoms with E-state index in [0.29, 0.717) is 19.4 Å². The van der Waals surface area contributed by atoms with Crippen molar-refractivity contribution >= 4 is 11.9 Å². The minimum absolute atomic E-state index is 0.00612. The Bertz CT molecular complexity index is 1430. The van der Waals surface area contributed by atoms with Gasteiger partial charge in [0.25, 0.3) is 0 Å². The standard InChI is InChI=1S/C77H143NO5/c1-3-5-7-9-11-13-15-17-19-38-43-47-51-55-59-63-67-71-77(82)83-72-68-64-60-56-52-48-44-40-37-35-33-31-29-27-25-23-21-22-24-26-28-30-32-34-36-39-42-46-50-54-58-62-66-70-76(81)78-74(73-79)75(80)69-65-61-57-53-49-45-41-20-18-16-14-12-10-8-6-4-2/h11,13,17,19,25,27,31,33,65,69,74-75,79-80H,3-10,12,14-16,18,20-24,26,28-30,32,34-64,66-68,70-73H2,1-2H3,(H,78,81)/b13-11-,19-17-,27-25-,33-31-,69-65+. The quantitative estimate of drug-likeness (QED) is 0.0320. The SMILES string of the molecule is CCCCC/C=C\C/C=C\CCCCCCCCCC(=O)OCCCCCCCCCCC/C=C\C/C=C\CCCCCCCCCCCCCCCCCCCC(=O)NC(CO)C(O)/C=C/CCCCCCCCCCCCCCCC. The van der Waals surface area contributed by atoms with E-state index in [4.69, 9.17) is 4.74 Å². The minimum atomic E-state index is -0.844. The summed E-state index contributed by atoms with van der Waals surface area (Å²) in [5, 5.41) is 23.2. The van der Waals surface area contributed by atoms with Crippen LogP contribution in [0.25, 0.3) is 0 Å². The summed E-state index contributed by atoms with van der Waals surface area (Å²) < 4.78 is 5.50. The third-order valence-corrected chi connectivity index (χ3v) is 17.0. The maximum atomic E-state index is 12.5. The van der Waals surface area contributed by atoms with Crippen molar-refractivity contribution in [3.05, 3.63) is 60.8 Å².